The lowest BCUT2D eigenvalue weighted by Gasteiger charge is -2.13. The Hall–Kier alpha value is -1.31. The first-order valence-electron chi connectivity index (χ1n) is 8.98. The van der Waals surface area contributed by atoms with Crippen molar-refractivity contribution in [2.75, 3.05) is 20.1 Å². The molecule has 0 spiro atoms. The Morgan fingerprint density at radius 2 is 1.84 bits per heavy atom. The normalized spacial score (nSPS) is 11.6. The van der Waals surface area contributed by atoms with Gasteiger partial charge in [-0.3, -0.25) is 4.99 Å². The van der Waals surface area contributed by atoms with E-state index in [9.17, 15) is 0 Å². The Morgan fingerprint density at radius 3 is 2.52 bits per heavy atom. The molecule has 25 heavy (non-hydrogen) atoms. The minimum absolute atomic E-state index is 0. The van der Waals surface area contributed by atoms with Crippen LogP contribution in [0.5, 0.6) is 0 Å². The van der Waals surface area contributed by atoms with Crippen molar-refractivity contribution in [3.8, 4) is 0 Å². The Morgan fingerprint density at radius 1 is 1.16 bits per heavy atom. The molecule has 0 saturated carbocycles. The second-order valence-corrected chi connectivity index (χ2v) is 6.61. The van der Waals surface area contributed by atoms with Crippen LogP contribution in [0, 0.1) is 12.8 Å². The third kappa shape index (κ3) is 6.84. The van der Waals surface area contributed by atoms with Gasteiger partial charge >= 0.3 is 0 Å². The van der Waals surface area contributed by atoms with Crippen LogP contribution in [0.25, 0.3) is 11.0 Å². The topological polar surface area (TPSA) is 54.2 Å². The zero-order chi connectivity index (χ0) is 17.4. The van der Waals surface area contributed by atoms with Crippen LogP contribution in [0.4, 0.5) is 0 Å². The Kier molecular flexibility index (Phi) is 9.85. The van der Waals surface area contributed by atoms with Crippen LogP contribution < -0.4 is 10.6 Å². The number of guanidine groups is 1. The first kappa shape index (κ1) is 21.7. The highest BCUT2D eigenvalue weighted by molar-refractivity contribution is 14.0. The van der Waals surface area contributed by atoms with Crippen molar-refractivity contribution >= 4 is 41.0 Å². The summed E-state index contributed by atoms with van der Waals surface area (Å²) < 4.78 is 2.29. The summed E-state index contributed by atoms with van der Waals surface area (Å²) in [5.41, 5.74) is 2.29. The van der Waals surface area contributed by atoms with Gasteiger partial charge in [0.15, 0.2) is 5.96 Å². The summed E-state index contributed by atoms with van der Waals surface area (Å²) in [6.07, 6.45) is 3.46. The van der Waals surface area contributed by atoms with E-state index in [-0.39, 0.29) is 24.0 Å². The van der Waals surface area contributed by atoms with E-state index in [1.165, 1.54) is 18.4 Å². The fourth-order valence-corrected chi connectivity index (χ4v) is 2.86. The molecule has 0 fully saturated rings. The van der Waals surface area contributed by atoms with Crippen molar-refractivity contribution in [1.29, 1.82) is 0 Å². The van der Waals surface area contributed by atoms with Gasteiger partial charge in [-0.2, -0.15) is 0 Å². The minimum atomic E-state index is 0. The number of fused-ring (bicyclic) bond motifs is 1. The van der Waals surface area contributed by atoms with Gasteiger partial charge in [0.25, 0.3) is 0 Å². The maximum Gasteiger partial charge on any atom is 0.190 e. The Balaban J connectivity index is 0.00000312. The molecule has 0 radical (unpaired) electrons. The second kappa shape index (κ2) is 11.3. The molecule has 6 heteroatoms. The molecule has 0 aliphatic heterocycles. The molecule has 1 heterocycles. The molecule has 0 atom stereocenters. The zero-order valence-corrected chi connectivity index (χ0v) is 18.2. The van der Waals surface area contributed by atoms with Crippen LogP contribution in [0.3, 0.4) is 0 Å². The number of halogens is 1. The molecule has 0 amide bonds. The predicted molar refractivity (Wildman–Crippen MR) is 118 cm³/mol. The summed E-state index contributed by atoms with van der Waals surface area (Å²) in [6, 6.07) is 8.31. The van der Waals surface area contributed by atoms with E-state index in [0.29, 0.717) is 0 Å². The molecule has 140 valence electrons. The molecule has 0 unspecified atom stereocenters. The summed E-state index contributed by atoms with van der Waals surface area (Å²) in [5.74, 6) is 2.73. The molecular formula is C19H32IN5. The van der Waals surface area contributed by atoms with Crippen LogP contribution in [-0.4, -0.2) is 35.6 Å². The molecule has 0 aliphatic carbocycles. The van der Waals surface area contributed by atoms with Crippen molar-refractivity contribution < 1.29 is 0 Å². The predicted octanol–water partition coefficient (Wildman–Crippen LogP) is 3.95. The van der Waals surface area contributed by atoms with Gasteiger partial charge in [-0.25, -0.2) is 4.98 Å². The maximum absolute atomic E-state index is 4.61. The smallest absolute Gasteiger partial charge is 0.190 e. The third-order valence-electron chi connectivity index (χ3n) is 4.17. The highest BCUT2D eigenvalue weighted by Crippen LogP contribution is 2.15. The van der Waals surface area contributed by atoms with Crippen LogP contribution in [0.2, 0.25) is 0 Å². The number of imidazole rings is 1. The van der Waals surface area contributed by atoms with Crippen LogP contribution >= 0.6 is 24.0 Å². The first-order valence-corrected chi connectivity index (χ1v) is 8.98. The highest BCUT2D eigenvalue weighted by atomic mass is 127. The number of rotatable bonds is 8. The quantitative estimate of drug-likeness (QED) is 0.273. The van der Waals surface area contributed by atoms with Crippen LogP contribution in [-0.2, 0) is 6.54 Å². The maximum atomic E-state index is 4.61. The lowest BCUT2D eigenvalue weighted by Crippen LogP contribution is -2.38. The number of nitrogens with one attached hydrogen (secondary N) is 2. The average Bonchev–Trinajstić information content (AvgIpc) is 2.88. The lowest BCUT2D eigenvalue weighted by molar-refractivity contribution is 0.548. The molecule has 2 rings (SSSR count). The molecular weight excluding hydrogens is 425 g/mol. The molecule has 0 aliphatic rings. The molecule has 5 nitrogen and oxygen atoms in total. The summed E-state index contributed by atoms with van der Waals surface area (Å²) >= 11 is 0. The van der Waals surface area contributed by atoms with Gasteiger partial charge in [0.2, 0.25) is 0 Å². The molecule has 1 aromatic carbocycles. The fourth-order valence-electron chi connectivity index (χ4n) is 2.86. The average molecular weight is 457 g/mol. The van der Waals surface area contributed by atoms with Gasteiger partial charge in [0, 0.05) is 26.7 Å². The largest absolute Gasteiger partial charge is 0.356 e. The van der Waals surface area contributed by atoms with Gasteiger partial charge in [0.1, 0.15) is 5.82 Å². The van der Waals surface area contributed by atoms with Gasteiger partial charge in [-0.15, -0.1) is 24.0 Å². The number of hydrogen-bond acceptors (Lipinski definition) is 2. The Labute approximate surface area is 168 Å². The SMILES string of the molecule is CN=C(NCCCC(C)C)NCCCn1c(C)nc2ccccc21.I. The van der Waals surface area contributed by atoms with Gasteiger partial charge in [-0.05, 0) is 44.2 Å². The molecule has 0 saturated heterocycles. The number of para-hydroxylation sites is 2. The van der Waals surface area contributed by atoms with E-state index >= 15 is 0 Å². The lowest BCUT2D eigenvalue weighted by atomic mass is 10.1. The zero-order valence-electron chi connectivity index (χ0n) is 15.9. The van der Waals surface area contributed by atoms with E-state index in [1.807, 2.05) is 13.1 Å². The number of aryl methyl sites for hydroxylation is 2. The monoisotopic (exact) mass is 457 g/mol. The molecule has 1 aromatic heterocycles. The minimum Gasteiger partial charge on any atom is -0.356 e. The van der Waals surface area contributed by atoms with Crippen molar-refractivity contribution in [3.05, 3.63) is 30.1 Å². The van der Waals surface area contributed by atoms with Gasteiger partial charge in [0.05, 0.1) is 11.0 Å². The van der Waals surface area contributed by atoms with Crippen LogP contribution in [0.1, 0.15) is 38.9 Å². The van der Waals surface area contributed by atoms with Crippen molar-refractivity contribution in [3.63, 3.8) is 0 Å². The number of benzene rings is 1. The van der Waals surface area contributed by atoms with Crippen molar-refractivity contribution in [2.45, 2.75) is 46.6 Å². The number of nitrogens with zero attached hydrogens (tertiary/aromatic N) is 3. The fraction of sp³-hybridized carbons (Fsp3) is 0.579. The van der Waals surface area contributed by atoms with E-state index in [2.05, 4.69) is 64.1 Å². The summed E-state index contributed by atoms with van der Waals surface area (Å²) in [5, 5.41) is 6.77. The van der Waals surface area contributed by atoms with E-state index < -0.39 is 0 Å². The third-order valence-corrected chi connectivity index (χ3v) is 4.17. The van der Waals surface area contributed by atoms with E-state index in [0.717, 1.165) is 49.3 Å². The first-order chi connectivity index (χ1) is 11.6. The Bertz CT molecular complexity index is 663. The summed E-state index contributed by atoms with van der Waals surface area (Å²) in [4.78, 5) is 8.90. The highest BCUT2D eigenvalue weighted by Gasteiger charge is 2.06. The number of aromatic nitrogens is 2. The number of aliphatic imine (C=N–C) groups is 1. The summed E-state index contributed by atoms with van der Waals surface area (Å²) in [6.45, 7) is 9.43. The number of hydrogen-bond donors (Lipinski definition) is 2. The van der Waals surface area contributed by atoms with Crippen LogP contribution in [0.15, 0.2) is 29.3 Å². The van der Waals surface area contributed by atoms with Crippen molar-refractivity contribution in [2.24, 2.45) is 10.9 Å². The van der Waals surface area contributed by atoms with E-state index in [1.54, 1.807) is 0 Å². The molecule has 2 N–H and O–H groups in total. The standard InChI is InChI=1S/C19H31N5.HI/c1-15(2)9-7-12-21-19(20-4)22-13-8-14-24-16(3)23-17-10-5-6-11-18(17)24;/h5-6,10-11,15H,7-9,12-14H2,1-4H3,(H2,20,21,22);1H. The van der Waals surface area contributed by atoms with Gasteiger partial charge < -0.3 is 15.2 Å². The molecule has 2 aromatic rings. The van der Waals surface area contributed by atoms with Gasteiger partial charge in [-0.1, -0.05) is 26.0 Å². The summed E-state index contributed by atoms with van der Waals surface area (Å²) in [7, 11) is 1.82. The van der Waals surface area contributed by atoms with E-state index in [4.69, 9.17) is 0 Å². The second-order valence-electron chi connectivity index (χ2n) is 6.61. The molecule has 0 bridgehead atoms. The van der Waals surface area contributed by atoms with Crippen molar-refractivity contribution in [1.82, 2.24) is 20.2 Å².